The van der Waals surface area contributed by atoms with Crippen molar-refractivity contribution in [1.82, 2.24) is 10.9 Å². The molecule has 0 saturated heterocycles. The molecule has 0 aromatic heterocycles. The third-order valence-corrected chi connectivity index (χ3v) is 4.26. The summed E-state index contributed by atoms with van der Waals surface area (Å²) in [4.78, 5) is 40.7. The fourth-order valence-electron chi connectivity index (χ4n) is 2.48. The highest BCUT2D eigenvalue weighted by molar-refractivity contribution is 5.94. The van der Waals surface area contributed by atoms with E-state index in [9.17, 15) is 14.4 Å². The number of carbonyl (C=O) groups excluding carboxylic acids is 1. The van der Waals surface area contributed by atoms with Crippen LogP contribution in [0.5, 0.6) is 0 Å². The van der Waals surface area contributed by atoms with Crippen LogP contribution in [0.15, 0.2) is 72.8 Å². The summed E-state index contributed by atoms with van der Waals surface area (Å²) in [6, 6.07) is 19.9. The third-order valence-electron chi connectivity index (χ3n) is 4.26. The number of aliphatic carboxylic acids is 1. The van der Waals surface area contributed by atoms with Gasteiger partial charge in [-0.25, -0.2) is 20.4 Å². The number of benzene rings is 3. The van der Waals surface area contributed by atoms with E-state index in [1.807, 2.05) is 12.1 Å². The number of hydrogen-bond donors (Lipinski definition) is 9. The van der Waals surface area contributed by atoms with E-state index in [-0.39, 0.29) is 16.9 Å². The molecule has 0 bridgehead atoms. The highest BCUT2D eigenvalue weighted by atomic mass is 16.4. The largest absolute Gasteiger partial charge is 0.481 e. The van der Waals surface area contributed by atoms with E-state index in [2.05, 4.69) is 27.1 Å². The van der Waals surface area contributed by atoms with E-state index in [0.717, 1.165) is 23.9 Å². The lowest BCUT2D eigenvalue weighted by Crippen LogP contribution is -2.14. The summed E-state index contributed by atoms with van der Waals surface area (Å²) in [7, 11) is 3.53. The van der Waals surface area contributed by atoms with Crippen molar-refractivity contribution in [3.63, 3.8) is 0 Å². The molecule has 0 aliphatic rings. The molecule has 210 valence electrons. The predicted octanol–water partition coefficient (Wildman–Crippen LogP) is 3.13. The van der Waals surface area contributed by atoms with Crippen LogP contribution in [0.1, 0.15) is 44.9 Å². The smallest absolute Gasteiger partial charge is 0.335 e. The van der Waals surface area contributed by atoms with Gasteiger partial charge in [0.1, 0.15) is 0 Å². The van der Waals surface area contributed by atoms with Gasteiger partial charge >= 0.3 is 11.9 Å². The number of nitrogens with two attached hydrogens (primary N) is 1. The number of aromatic carboxylic acids is 2. The van der Waals surface area contributed by atoms with Gasteiger partial charge in [-0.1, -0.05) is 0 Å². The Balaban J connectivity index is 0.000000520. The maximum absolute atomic E-state index is 10.9. The SMILES string of the molecule is CC(=O)O.CNNc1ccc(C(=O)O)cc1.CNNc1ccc(C(C)=O)cc1.NNc1ccc(C(=O)O)cc1. The van der Waals surface area contributed by atoms with E-state index < -0.39 is 17.9 Å². The van der Waals surface area contributed by atoms with Crippen LogP contribution >= 0.6 is 0 Å². The monoisotopic (exact) mass is 542 g/mol. The van der Waals surface area contributed by atoms with E-state index in [1.54, 1.807) is 69.6 Å². The average Bonchev–Trinajstić information content (AvgIpc) is 2.90. The Morgan fingerprint density at radius 3 is 1.08 bits per heavy atom. The summed E-state index contributed by atoms with van der Waals surface area (Å²) in [5.41, 5.74) is 17.4. The van der Waals surface area contributed by atoms with E-state index >= 15 is 0 Å². The second-order valence-corrected chi connectivity index (χ2v) is 7.31. The number of hydrazine groups is 3. The maximum Gasteiger partial charge on any atom is 0.335 e. The Morgan fingerprint density at radius 2 is 0.846 bits per heavy atom. The summed E-state index contributed by atoms with van der Waals surface area (Å²) in [6.07, 6.45) is 0. The van der Waals surface area contributed by atoms with Gasteiger partial charge < -0.3 is 31.6 Å². The van der Waals surface area contributed by atoms with Gasteiger partial charge in [-0.3, -0.25) is 15.4 Å². The van der Waals surface area contributed by atoms with Gasteiger partial charge in [0.25, 0.3) is 5.97 Å². The number of carbonyl (C=O) groups is 4. The maximum atomic E-state index is 10.9. The second kappa shape index (κ2) is 19.2. The molecule has 0 spiro atoms. The molecule has 0 atom stereocenters. The van der Waals surface area contributed by atoms with E-state index in [1.165, 1.54) is 12.1 Å². The van der Waals surface area contributed by atoms with Gasteiger partial charge in [0.05, 0.1) is 11.1 Å². The van der Waals surface area contributed by atoms with Gasteiger partial charge in [0.15, 0.2) is 5.78 Å². The number of anilines is 3. The number of carboxylic acids is 3. The minimum atomic E-state index is -0.937. The third kappa shape index (κ3) is 15.7. The number of Topliss-reactive ketones (excluding diaryl/α,β-unsaturated/α-hetero) is 1. The fourth-order valence-corrected chi connectivity index (χ4v) is 2.48. The zero-order valence-electron chi connectivity index (χ0n) is 22.0. The van der Waals surface area contributed by atoms with Crippen molar-refractivity contribution in [3.05, 3.63) is 89.5 Å². The molecule has 0 aliphatic carbocycles. The van der Waals surface area contributed by atoms with Crippen LogP contribution in [0.4, 0.5) is 17.1 Å². The molecular weight excluding hydrogens is 508 g/mol. The number of rotatable bonds is 8. The minimum Gasteiger partial charge on any atom is -0.481 e. The minimum absolute atomic E-state index is 0.0889. The average molecular weight is 543 g/mol. The molecule has 0 fully saturated rings. The fraction of sp³-hybridized carbons (Fsp3) is 0.154. The second-order valence-electron chi connectivity index (χ2n) is 7.31. The molecule has 3 rings (SSSR count). The van der Waals surface area contributed by atoms with Crippen molar-refractivity contribution in [3.8, 4) is 0 Å². The van der Waals surface area contributed by atoms with E-state index in [0.29, 0.717) is 5.69 Å². The van der Waals surface area contributed by atoms with E-state index in [4.69, 9.17) is 26.0 Å². The van der Waals surface area contributed by atoms with Gasteiger partial charge in [0.2, 0.25) is 0 Å². The molecule has 0 heterocycles. The van der Waals surface area contributed by atoms with Crippen LogP contribution in [0.2, 0.25) is 0 Å². The number of nitrogens with one attached hydrogen (secondary N) is 5. The lowest BCUT2D eigenvalue weighted by Gasteiger charge is -2.03. The Hall–Kier alpha value is -4.98. The van der Waals surface area contributed by atoms with Crippen LogP contribution in [0.25, 0.3) is 0 Å². The number of hydrogen-bond acceptors (Lipinski definition) is 10. The first kappa shape index (κ1) is 34.0. The lowest BCUT2D eigenvalue weighted by atomic mass is 10.1. The zero-order valence-corrected chi connectivity index (χ0v) is 22.0. The van der Waals surface area contributed by atoms with Crippen LogP contribution in [0.3, 0.4) is 0 Å². The van der Waals surface area contributed by atoms with Gasteiger partial charge in [0, 0.05) is 43.6 Å². The van der Waals surface area contributed by atoms with Gasteiger partial charge in [-0.2, -0.15) is 0 Å². The van der Waals surface area contributed by atoms with Crippen molar-refractivity contribution in [1.29, 1.82) is 0 Å². The molecular formula is C26H34N6O7. The molecule has 13 heteroatoms. The van der Waals surface area contributed by atoms with Crippen molar-refractivity contribution < 1.29 is 34.5 Å². The van der Waals surface area contributed by atoms with Crippen molar-refractivity contribution in [2.45, 2.75) is 13.8 Å². The molecule has 0 saturated carbocycles. The van der Waals surface area contributed by atoms with Gasteiger partial charge in [-0.15, -0.1) is 0 Å². The molecule has 0 amide bonds. The summed E-state index contributed by atoms with van der Waals surface area (Å²) >= 11 is 0. The van der Waals surface area contributed by atoms with Crippen molar-refractivity contribution in [2.24, 2.45) is 5.84 Å². The van der Waals surface area contributed by atoms with Crippen LogP contribution in [-0.2, 0) is 4.79 Å². The van der Waals surface area contributed by atoms with Gasteiger partial charge in [-0.05, 0) is 79.7 Å². The Morgan fingerprint density at radius 1 is 0.564 bits per heavy atom. The first-order valence-corrected chi connectivity index (χ1v) is 11.2. The summed E-state index contributed by atoms with van der Waals surface area (Å²) in [6.45, 7) is 2.64. The Labute approximate surface area is 226 Å². The quantitative estimate of drug-likeness (QED) is 0.114. The number of ketones is 1. The first-order chi connectivity index (χ1) is 18.4. The molecule has 3 aromatic carbocycles. The molecule has 10 N–H and O–H groups in total. The predicted molar refractivity (Wildman–Crippen MR) is 150 cm³/mol. The Kier molecular flexibility index (Phi) is 16.7. The molecule has 0 aliphatic heterocycles. The van der Waals surface area contributed by atoms with Crippen LogP contribution in [-0.4, -0.2) is 53.1 Å². The summed E-state index contributed by atoms with van der Waals surface area (Å²) < 4.78 is 0. The van der Waals surface area contributed by atoms with Crippen molar-refractivity contribution >= 4 is 40.8 Å². The zero-order chi connectivity index (χ0) is 29.8. The molecule has 0 unspecified atom stereocenters. The Bertz CT molecular complexity index is 1110. The topological polar surface area (TPSA) is 215 Å². The summed E-state index contributed by atoms with van der Waals surface area (Å²) in [5, 5.41) is 24.5. The number of carboxylic acid groups (broad SMARTS) is 3. The molecule has 13 nitrogen and oxygen atoms in total. The van der Waals surface area contributed by atoms with Crippen molar-refractivity contribution in [2.75, 3.05) is 30.4 Å². The summed E-state index contributed by atoms with van der Waals surface area (Å²) in [5.74, 6) is 2.49. The molecule has 0 radical (unpaired) electrons. The van der Waals surface area contributed by atoms with Crippen LogP contribution in [0, 0.1) is 0 Å². The number of nitrogen functional groups attached to an aromatic ring is 1. The standard InChI is InChI=1S/C9H12N2O.C8H10N2O2.C7H8N2O2.C2H4O2/c1-7(12)8-3-5-9(6-4-8)11-10-2;1-9-10-7-4-2-6(3-5-7)8(11)12;8-9-6-3-1-5(2-4-6)7(10)11;1-2(3)4/h3-6,10-11H,1-2H3;2-5,9-10H,1H3,(H,11,12);1-4,9H,8H2,(H,10,11);1H3,(H,3,4). The highest BCUT2D eigenvalue weighted by Crippen LogP contribution is 2.09. The highest BCUT2D eigenvalue weighted by Gasteiger charge is 2.01. The first-order valence-electron chi connectivity index (χ1n) is 11.2. The lowest BCUT2D eigenvalue weighted by molar-refractivity contribution is -0.134. The molecule has 39 heavy (non-hydrogen) atoms. The molecule has 3 aromatic rings. The van der Waals surface area contributed by atoms with Crippen LogP contribution < -0.4 is 33.0 Å². The normalized spacial score (nSPS) is 9.05.